The Labute approximate surface area is 153 Å². The van der Waals surface area contributed by atoms with E-state index in [0.717, 1.165) is 36.3 Å². The maximum atomic E-state index is 12.4. The van der Waals surface area contributed by atoms with Crippen molar-refractivity contribution in [3.8, 4) is 0 Å². The molecule has 3 rings (SSSR count). The fraction of sp³-hybridized carbons (Fsp3) is 0.333. The molecule has 0 saturated carbocycles. The van der Waals surface area contributed by atoms with Crippen molar-refractivity contribution < 1.29 is 14.3 Å². The molecule has 1 unspecified atom stereocenters. The molecule has 5 nitrogen and oxygen atoms in total. The summed E-state index contributed by atoms with van der Waals surface area (Å²) >= 11 is 0. The summed E-state index contributed by atoms with van der Waals surface area (Å²) in [5.74, 6) is -0.342. The van der Waals surface area contributed by atoms with Crippen LogP contribution in [-0.2, 0) is 4.74 Å². The SMILES string of the molecule is Cc1ccc(NC(=O)c2ccc(C(=O)NCC3CCCO3)cc2)c(C)c1. The van der Waals surface area contributed by atoms with Crippen LogP contribution in [0.2, 0.25) is 0 Å². The van der Waals surface area contributed by atoms with Gasteiger partial charge < -0.3 is 15.4 Å². The van der Waals surface area contributed by atoms with Crippen LogP contribution in [-0.4, -0.2) is 31.1 Å². The summed E-state index contributed by atoms with van der Waals surface area (Å²) in [7, 11) is 0. The summed E-state index contributed by atoms with van der Waals surface area (Å²) in [6.07, 6.45) is 2.14. The van der Waals surface area contributed by atoms with Gasteiger partial charge in [0.2, 0.25) is 0 Å². The third-order valence-electron chi connectivity index (χ3n) is 4.55. The first-order chi connectivity index (χ1) is 12.5. The number of hydrogen-bond acceptors (Lipinski definition) is 3. The first kappa shape index (κ1) is 18.1. The van der Waals surface area contributed by atoms with E-state index in [2.05, 4.69) is 10.6 Å². The number of ether oxygens (including phenoxy) is 1. The second-order valence-electron chi connectivity index (χ2n) is 6.69. The molecule has 0 radical (unpaired) electrons. The molecule has 2 aromatic rings. The normalized spacial score (nSPS) is 16.3. The Hall–Kier alpha value is -2.66. The standard InChI is InChI=1S/C21H24N2O3/c1-14-5-10-19(15(2)12-14)23-21(25)17-8-6-16(7-9-17)20(24)22-13-18-4-3-11-26-18/h5-10,12,18H,3-4,11,13H2,1-2H3,(H,22,24)(H,23,25). The quantitative estimate of drug-likeness (QED) is 0.866. The molecule has 2 aromatic carbocycles. The number of amides is 2. The minimum absolute atomic E-state index is 0.113. The van der Waals surface area contributed by atoms with Crippen molar-refractivity contribution in [3.63, 3.8) is 0 Å². The van der Waals surface area contributed by atoms with Crippen molar-refractivity contribution in [2.45, 2.75) is 32.8 Å². The van der Waals surface area contributed by atoms with Crippen LogP contribution in [0, 0.1) is 13.8 Å². The number of aryl methyl sites for hydroxylation is 2. The summed E-state index contributed by atoms with van der Waals surface area (Å²) in [5.41, 5.74) is 4.01. The molecule has 0 aliphatic carbocycles. The van der Waals surface area contributed by atoms with Gasteiger partial charge in [-0.1, -0.05) is 17.7 Å². The highest BCUT2D eigenvalue weighted by Gasteiger charge is 2.17. The molecule has 2 N–H and O–H groups in total. The Bertz CT molecular complexity index is 793. The molecule has 1 heterocycles. The molecule has 5 heteroatoms. The fourth-order valence-corrected chi connectivity index (χ4v) is 3.04. The summed E-state index contributed by atoms with van der Waals surface area (Å²) in [6.45, 7) is 5.27. The third kappa shape index (κ3) is 4.49. The Morgan fingerprint density at radius 1 is 1.04 bits per heavy atom. The van der Waals surface area contributed by atoms with Gasteiger partial charge in [0.05, 0.1) is 6.10 Å². The summed E-state index contributed by atoms with van der Waals surface area (Å²) in [5, 5.41) is 5.79. The van der Waals surface area contributed by atoms with Crippen LogP contribution >= 0.6 is 0 Å². The van der Waals surface area contributed by atoms with Crippen LogP contribution in [0.1, 0.15) is 44.7 Å². The van der Waals surface area contributed by atoms with E-state index in [1.165, 1.54) is 0 Å². The van der Waals surface area contributed by atoms with E-state index < -0.39 is 0 Å². The highest BCUT2D eigenvalue weighted by Crippen LogP contribution is 2.17. The number of carbonyl (C=O) groups is 2. The van der Waals surface area contributed by atoms with Crippen LogP contribution in [0.5, 0.6) is 0 Å². The van der Waals surface area contributed by atoms with E-state index in [-0.39, 0.29) is 17.9 Å². The van der Waals surface area contributed by atoms with E-state index in [9.17, 15) is 9.59 Å². The Morgan fingerprint density at radius 3 is 2.35 bits per heavy atom. The van der Waals surface area contributed by atoms with Crippen molar-refractivity contribution in [2.75, 3.05) is 18.5 Å². The Morgan fingerprint density at radius 2 is 1.73 bits per heavy atom. The van der Waals surface area contributed by atoms with Crippen LogP contribution < -0.4 is 10.6 Å². The number of anilines is 1. The smallest absolute Gasteiger partial charge is 0.255 e. The average Bonchev–Trinajstić information content (AvgIpc) is 3.15. The highest BCUT2D eigenvalue weighted by atomic mass is 16.5. The lowest BCUT2D eigenvalue weighted by atomic mass is 10.1. The molecule has 26 heavy (non-hydrogen) atoms. The van der Waals surface area contributed by atoms with Crippen molar-refractivity contribution in [2.24, 2.45) is 0 Å². The predicted octanol–water partition coefficient (Wildman–Crippen LogP) is 3.46. The van der Waals surface area contributed by atoms with Gasteiger partial charge in [0.15, 0.2) is 0 Å². The first-order valence-electron chi connectivity index (χ1n) is 8.91. The van der Waals surface area contributed by atoms with Gasteiger partial charge in [0, 0.05) is 30.0 Å². The molecule has 1 saturated heterocycles. The second kappa shape index (κ2) is 8.15. The van der Waals surface area contributed by atoms with Gasteiger partial charge in [-0.2, -0.15) is 0 Å². The molecule has 0 aromatic heterocycles. The zero-order valence-electron chi connectivity index (χ0n) is 15.2. The maximum Gasteiger partial charge on any atom is 0.255 e. The van der Waals surface area contributed by atoms with Gasteiger partial charge in [-0.15, -0.1) is 0 Å². The number of benzene rings is 2. The molecule has 1 aliphatic rings. The first-order valence-corrected chi connectivity index (χ1v) is 8.91. The highest BCUT2D eigenvalue weighted by molar-refractivity contribution is 6.05. The lowest BCUT2D eigenvalue weighted by Gasteiger charge is -2.11. The average molecular weight is 352 g/mol. The number of carbonyl (C=O) groups excluding carboxylic acids is 2. The van der Waals surface area contributed by atoms with E-state index in [1.54, 1.807) is 24.3 Å². The van der Waals surface area contributed by atoms with Crippen LogP contribution in [0.15, 0.2) is 42.5 Å². The van der Waals surface area contributed by atoms with Crippen molar-refractivity contribution in [1.29, 1.82) is 0 Å². The van der Waals surface area contributed by atoms with Crippen LogP contribution in [0.4, 0.5) is 5.69 Å². The maximum absolute atomic E-state index is 12.4. The number of hydrogen-bond donors (Lipinski definition) is 2. The topological polar surface area (TPSA) is 67.4 Å². The minimum Gasteiger partial charge on any atom is -0.376 e. The Kier molecular flexibility index (Phi) is 5.68. The lowest BCUT2D eigenvalue weighted by molar-refractivity contribution is 0.0857. The molecule has 1 fully saturated rings. The van der Waals surface area contributed by atoms with E-state index in [0.29, 0.717) is 17.7 Å². The number of rotatable bonds is 5. The fourth-order valence-electron chi connectivity index (χ4n) is 3.04. The Balaban J connectivity index is 1.59. The zero-order chi connectivity index (χ0) is 18.5. The van der Waals surface area contributed by atoms with E-state index >= 15 is 0 Å². The minimum atomic E-state index is -0.191. The van der Waals surface area contributed by atoms with Crippen molar-refractivity contribution in [1.82, 2.24) is 5.32 Å². The second-order valence-corrected chi connectivity index (χ2v) is 6.69. The molecule has 0 bridgehead atoms. The molecule has 1 atom stereocenters. The molecule has 1 aliphatic heterocycles. The monoisotopic (exact) mass is 352 g/mol. The summed E-state index contributed by atoms with van der Waals surface area (Å²) < 4.78 is 5.50. The van der Waals surface area contributed by atoms with E-state index in [4.69, 9.17) is 4.74 Å². The number of nitrogens with one attached hydrogen (secondary N) is 2. The molecular weight excluding hydrogens is 328 g/mol. The molecule has 2 amide bonds. The van der Waals surface area contributed by atoms with Gasteiger partial charge in [0.1, 0.15) is 0 Å². The van der Waals surface area contributed by atoms with Crippen molar-refractivity contribution in [3.05, 3.63) is 64.7 Å². The van der Waals surface area contributed by atoms with Crippen molar-refractivity contribution >= 4 is 17.5 Å². The summed E-state index contributed by atoms with van der Waals surface area (Å²) in [6, 6.07) is 12.6. The lowest BCUT2D eigenvalue weighted by Crippen LogP contribution is -2.31. The predicted molar refractivity (Wildman–Crippen MR) is 102 cm³/mol. The third-order valence-corrected chi connectivity index (χ3v) is 4.55. The molecule has 136 valence electrons. The van der Waals surface area contributed by atoms with Gasteiger partial charge >= 0.3 is 0 Å². The van der Waals surface area contributed by atoms with Crippen LogP contribution in [0.25, 0.3) is 0 Å². The van der Waals surface area contributed by atoms with Gasteiger partial charge in [-0.05, 0) is 62.6 Å². The van der Waals surface area contributed by atoms with Crippen LogP contribution in [0.3, 0.4) is 0 Å². The van der Waals surface area contributed by atoms with E-state index in [1.807, 2.05) is 32.0 Å². The summed E-state index contributed by atoms with van der Waals surface area (Å²) in [4.78, 5) is 24.6. The zero-order valence-corrected chi connectivity index (χ0v) is 15.2. The largest absolute Gasteiger partial charge is 0.376 e. The van der Waals surface area contributed by atoms with Gasteiger partial charge in [0.25, 0.3) is 11.8 Å². The van der Waals surface area contributed by atoms with Gasteiger partial charge in [-0.3, -0.25) is 9.59 Å². The molecule has 0 spiro atoms. The molecular formula is C21H24N2O3. The van der Waals surface area contributed by atoms with Gasteiger partial charge in [-0.25, -0.2) is 0 Å².